The van der Waals surface area contributed by atoms with Crippen molar-refractivity contribution in [2.24, 2.45) is 0 Å². The molecule has 1 aromatic rings. The van der Waals surface area contributed by atoms with Gasteiger partial charge in [0.05, 0.1) is 4.92 Å². The highest BCUT2D eigenvalue weighted by molar-refractivity contribution is 7.15. The van der Waals surface area contributed by atoms with Crippen LogP contribution in [0.4, 0.5) is 5.00 Å². The Kier molecular flexibility index (Phi) is 4.24. The van der Waals surface area contributed by atoms with Gasteiger partial charge in [-0.15, -0.1) is 0 Å². The first-order valence-electron chi connectivity index (χ1n) is 6.22. The summed E-state index contributed by atoms with van der Waals surface area (Å²) in [6.45, 7) is 3.22. The zero-order chi connectivity index (χ0) is 15.7. The number of thiophene rings is 1. The fourth-order valence-electron chi connectivity index (χ4n) is 2.33. The molecule has 1 amide bonds. The quantitative estimate of drug-likeness (QED) is 0.664. The molecule has 1 N–H and O–H groups in total. The van der Waals surface area contributed by atoms with E-state index >= 15 is 0 Å². The number of nitrogens with zero attached hydrogens (tertiary/aromatic N) is 2. The lowest BCUT2D eigenvalue weighted by molar-refractivity contribution is -0.380. The molecule has 2 atom stereocenters. The number of carbonyl (C=O) groups is 2. The Morgan fingerprint density at radius 1 is 1.57 bits per heavy atom. The summed E-state index contributed by atoms with van der Waals surface area (Å²) in [5.74, 6) is -1.53. The van der Waals surface area contributed by atoms with Crippen LogP contribution >= 0.6 is 11.3 Å². The van der Waals surface area contributed by atoms with Crippen LogP contribution in [-0.4, -0.2) is 45.6 Å². The molecule has 1 saturated heterocycles. The maximum atomic E-state index is 12.0. The number of amides is 1. The number of carboxylic acids is 1. The van der Waals surface area contributed by atoms with Crippen LogP contribution in [0.25, 0.3) is 0 Å². The Bertz CT molecular complexity index is 584. The molecule has 1 aliphatic heterocycles. The predicted molar refractivity (Wildman–Crippen MR) is 73.1 cm³/mol. The van der Waals surface area contributed by atoms with Crippen LogP contribution in [0.3, 0.4) is 0 Å². The predicted octanol–water partition coefficient (Wildman–Crippen LogP) is 1.42. The van der Waals surface area contributed by atoms with E-state index in [-0.39, 0.29) is 23.6 Å². The molecule has 2 heterocycles. The molecule has 0 radical (unpaired) electrons. The highest BCUT2D eigenvalue weighted by Crippen LogP contribution is 2.38. The van der Waals surface area contributed by atoms with Gasteiger partial charge in [0.15, 0.2) is 6.10 Å². The van der Waals surface area contributed by atoms with E-state index in [0.717, 1.165) is 11.3 Å². The van der Waals surface area contributed by atoms with Gasteiger partial charge in [0, 0.05) is 17.0 Å². The second-order valence-electron chi connectivity index (χ2n) is 4.84. The summed E-state index contributed by atoms with van der Waals surface area (Å²) in [6, 6.07) is 1.67. The molecule has 0 bridgehead atoms. The highest BCUT2D eigenvalue weighted by Gasteiger charge is 2.44. The molecule has 0 saturated carbocycles. The number of ether oxygens (including phenoxy) is 1. The SMILES string of the molecule is CC(C)N1C(=O)COC(C(=O)O)C1c1ccc([N+](=O)[O-])s1. The normalized spacial score (nSPS) is 22.6. The molecule has 0 aliphatic carbocycles. The third-order valence-electron chi connectivity index (χ3n) is 3.14. The second kappa shape index (κ2) is 5.78. The molecule has 8 nitrogen and oxygen atoms in total. The standard InChI is InChI=1S/C12H14N2O6S/c1-6(2)13-8(15)5-20-11(12(16)17)10(13)7-3-4-9(21-7)14(18)19/h3-4,6,10-11H,5H2,1-2H3,(H,16,17). The lowest BCUT2D eigenvalue weighted by Gasteiger charge is -2.41. The zero-order valence-electron chi connectivity index (χ0n) is 11.4. The number of hydrogen-bond acceptors (Lipinski definition) is 6. The largest absolute Gasteiger partial charge is 0.479 e. The summed E-state index contributed by atoms with van der Waals surface area (Å²) < 4.78 is 5.11. The van der Waals surface area contributed by atoms with E-state index in [4.69, 9.17) is 4.74 Å². The van der Waals surface area contributed by atoms with Crippen LogP contribution in [0, 0.1) is 10.1 Å². The molecule has 114 valence electrons. The minimum absolute atomic E-state index is 0.101. The Hall–Kier alpha value is -2.00. The molecular weight excluding hydrogens is 300 g/mol. The molecule has 1 aromatic heterocycles. The summed E-state index contributed by atoms with van der Waals surface area (Å²) in [5, 5.41) is 20.0. The van der Waals surface area contributed by atoms with Crippen LogP contribution in [0.15, 0.2) is 12.1 Å². The molecule has 9 heteroatoms. The molecule has 1 aliphatic rings. The first kappa shape index (κ1) is 15.4. The minimum Gasteiger partial charge on any atom is -0.479 e. The van der Waals surface area contributed by atoms with Crippen molar-refractivity contribution in [2.75, 3.05) is 6.61 Å². The van der Waals surface area contributed by atoms with Crippen molar-refractivity contribution >= 4 is 28.2 Å². The minimum atomic E-state index is -1.23. The van der Waals surface area contributed by atoms with E-state index in [2.05, 4.69) is 0 Å². The first-order chi connectivity index (χ1) is 9.82. The Morgan fingerprint density at radius 3 is 2.71 bits per heavy atom. The van der Waals surface area contributed by atoms with Gasteiger partial charge < -0.3 is 14.7 Å². The van der Waals surface area contributed by atoms with Gasteiger partial charge in [-0.3, -0.25) is 14.9 Å². The summed E-state index contributed by atoms with van der Waals surface area (Å²) in [7, 11) is 0. The third kappa shape index (κ3) is 2.88. The van der Waals surface area contributed by atoms with E-state index in [1.807, 2.05) is 0 Å². The van der Waals surface area contributed by atoms with Crippen LogP contribution < -0.4 is 0 Å². The number of morpholine rings is 1. The molecule has 0 aromatic carbocycles. The summed E-state index contributed by atoms with van der Waals surface area (Å²) >= 11 is 0.856. The van der Waals surface area contributed by atoms with E-state index < -0.39 is 23.0 Å². The van der Waals surface area contributed by atoms with Crippen molar-refractivity contribution in [1.82, 2.24) is 4.90 Å². The van der Waals surface area contributed by atoms with Crippen molar-refractivity contribution in [3.05, 3.63) is 27.1 Å². The Morgan fingerprint density at radius 2 is 2.24 bits per heavy atom. The van der Waals surface area contributed by atoms with E-state index in [1.54, 1.807) is 13.8 Å². The smallest absolute Gasteiger partial charge is 0.335 e. The van der Waals surface area contributed by atoms with Gasteiger partial charge >= 0.3 is 11.0 Å². The molecule has 2 rings (SSSR count). The van der Waals surface area contributed by atoms with Crippen LogP contribution in [0.2, 0.25) is 0 Å². The van der Waals surface area contributed by atoms with Crippen molar-refractivity contribution in [3.63, 3.8) is 0 Å². The Labute approximate surface area is 124 Å². The van der Waals surface area contributed by atoms with E-state index in [9.17, 15) is 24.8 Å². The van der Waals surface area contributed by atoms with Crippen LogP contribution in [-0.2, 0) is 14.3 Å². The number of nitro groups is 1. The maximum absolute atomic E-state index is 12.0. The third-order valence-corrected chi connectivity index (χ3v) is 4.25. The molecule has 1 fully saturated rings. The van der Waals surface area contributed by atoms with Gasteiger partial charge in [0.25, 0.3) is 0 Å². The molecule has 2 unspecified atom stereocenters. The summed E-state index contributed by atoms with van der Waals surface area (Å²) in [4.78, 5) is 35.4. The topological polar surface area (TPSA) is 110 Å². The lowest BCUT2D eigenvalue weighted by atomic mass is 10.0. The van der Waals surface area contributed by atoms with Gasteiger partial charge in [-0.1, -0.05) is 11.3 Å². The summed E-state index contributed by atoms with van der Waals surface area (Å²) in [6.07, 6.45) is -1.23. The van der Waals surface area contributed by atoms with E-state index in [0.29, 0.717) is 4.88 Å². The average molecular weight is 314 g/mol. The molecule has 0 spiro atoms. The zero-order valence-corrected chi connectivity index (χ0v) is 12.2. The van der Waals surface area contributed by atoms with Crippen molar-refractivity contribution in [3.8, 4) is 0 Å². The fourth-order valence-corrected chi connectivity index (χ4v) is 3.27. The number of carboxylic acid groups (broad SMARTS) is 1. The van der Waals surface area contributed by atoms with Gasteiger partial charge in [-0.25, -0.2) is 4.79 Å². The summed E-state index contributed by atoms with van der Waals surface area (Å²) in [5.41, 5.74) is 0. The number of hydrogen-bond donors (Lipinski definition) is 1. The fraction of sp³-hybridized carbons (Fsp3) is 0.500. The van der Waals surface area contributed by atoms with Gasteiger partial charge in [-0.2, -0.15) is 0 Å². The highest BCUT2D eigenvalue weighted by atomic mass is 32.1. The van der Waals surface area contributed by atoms with Crippen LogP contribution in [0.1, 0.15) is 24.8 Å². The Balaban J connectivity index is 2.45. The van der Waals surface area contributed by atoms with Crippen molar-refractivity contribution < 1.29 is 24.4 Å². The second-order valence-corrected chi connectivity index (χ2v) is 5.94. The number of aliphatic carboxylic acids is 1. The number of rotatable bonds is 4. The van der Waals surface area contributed by atoms with Crippen molar-refractivity contribution in [2.45, 2.75) is 32.0 Å². The monoisotopic (exact) mass is 314 g/mol. The van der Waals surface area contributed by atoms with Gasteiger partial charge in [0.1, 0.15) is 12.6 Å². The first-order valence-corrected chi connectivity index (χ1v) is 7.04. The van der Waals surface area contributed by atoms with Gasteiger partial charge in [-0.05, 0) is 19.9 Å². The lowest BCUT2D eigenvalue weighted by Crippen LogP contribution is -2.54. The van der Waals surface area contributed by atoms with Gasteiger partial charge in [0.2, 0.25) is 5.91 Å². The van der Waals surface area contributed by atoms with E-state index in [1.165, 1.54) is 17.0 Å². The van der Waals surface area contributed by atoms with Crippen LogP contribution in [0.5, 0.6) is 0 Å². The molecule has 21 heavy (non-hydrogen) atoms. The average Bonchev–Trinajstić information content (AvgIpc) is 2.86. The molecular formula is C12H14N2O6S. The van der Waals surface area contributed by atoms with Crippen molar-refractivity contribution in [1.29, 1.82) is 0 Å². The maximum Gasteiger partial charge on any atom is 0.335 e. The number of carbonyl (C=O) groups excluding carboxylic acids is 1.